The molecule has 0 aliphatic carbocycles. The third-order valence-electron chi connectivity index (χ3n) is 3.60. The number of carbonyl (C=O) groups is 1. The van der Waals surface area contributed by atoms with E-state index in [2.05, 4.69) is 4.98 Å². The topological polar surface area (TPSA) is 131 Å². The third-order valence-corrected chi connectivity index (χ3v) is 3.60. The molecule has 9 heteroatoms. The van der Waals surface area contributed by atoms with Crippen LogP contribution in [0.25, 0.3) is 6.08 Å². The number of allylic oxidation sites excluding steroid dienone is 2. The SMILES string of the molecule is CCOC(=O)C=C/C=C/c1cn([C@H]2C[C@H](O)[C@@H](CO)O2)c(=O)[nH]c1=O. The second-order valence-corrected chi connectivity index (χ2v) is 5.34. The Morgan fingerprint density at radius 1 is 1.48 bits per heavy atom. The normalized spacial score (nSPS) is 23.6. The Bertz CT molecular complexity index is 777. The van der Waals surface area contributed by atoms with Gasteiger partial charge in [0.2, 0.25) is 0 Å². The lowest BCUT2D eigenvalue weighted by molar-refractivity contribution is -0.137. The summed E-state index contributed by atoms with van der Waals surface area (Å²) < 4.78 is 11.3. The lowest BCUT2D eigenvalue weighted by atomic mass is 10.2. The van der Waals surface area contributed by atoms with Gasteiger partial charge in [-0.2, -0.15) is 0 Å². The first-order chi connectivity index (χ1) is 12.0. The summed E-state index contributed by atoms with van der Waals surface area (Å²) in [6.45, 7) is 1.58. The summed E-state index contributed by atoms with van der Waals surface area (Å²) in [7, 11) is 0. The molecule has 2 heterocycles. The summed E-state index contributed by atoms with van der Waals surface area (Å²) in [6.07, 6.45) is 4.42. The molecule has 136 valence electrons. The highest BCUT2D eigenvalue weighted by atomic mass is 16.5. The van der Waals surface area contributed by atoms with E-state index in [4.69, 9.17) is 14.6 Å². The molecule has 1 saturated heterocycles. The molecule has 1 aliphatic heterocycles. The van der Waals surface area contributed by atoms with E-state index in [1.807, 2.05) is 0 Å². The van der Waals surface area contributed by atoms with Crippen molar-refractivity contribution in [2.45, 2.75) is 31.8 Å². The van der Waals surface area contributed by atoms with Crippen LogP contribution >= 0.6 is 0 Å². The van der Waals surface area contributed by atoms with Crippen LogP contribution < -0.4 is 11.2 Å². The first-order valence-corrected chi connectivity index (χ1v) is 7.77. The number of H-pyrrole nitrogens is 1. The highest BCUT2D eigenvalue weighted by Crippen LogP contribution is 2.27. The zero-order chi connectivity index (χ0) is 18.4. The van der Waals surface area contributed by atoms with Crippen LogP contribution in [-0.2, 0) is 14.3 Å². The molecule has 0 amide bonds. The fourth-order valence-corrected chi connectivity index (χ4v) is 2.37. The number of hydrogen-bond acceptors (Lipinski definition) is 7. The maximum atomic E-state index is 12.0. The first kappa shape index (κ1) is 18.8. The Kier molecular flexibility index (Phi) is 6.45. The Hall–Kier alpha value is -2.49. The van der Waals surface area contributed by atoms with Crippen molar-refractivity contribution in [2.24, 2.45) is 0 Å². The molecule has 0 bridgehead atoms. The van der Waals surface area contributed by atoms with Crippen molar-refractivity contribution >= 4 is 12.0 Å². The second-order valence-electron chi connectivity index (χ2n) is 5.34. The lowest BCUT2D eigenvalue weighted by Gasteiger charge is -2.14. The summed E-state index contributed by atoms with van der Waals surface area (Å²) in [5.74, 6) is -0.505. The number of aromatic amines is 1. The van der Waals surface area contributed by atoms with Gasteiger partial charge in [0.1, 0.15) is 12.3 Å². The molecule has 0 radical (unpaired) electrons. The number of aliphatic hydroxyl groups is 2. The van der Waals surface area contributed by atoms with Gasteiger partial charge in [0.05, 0.1) is 24.9 Å². The molecule has 0 spiro atoms. The molecule has 0 saturated carbocycles. The van der Waals surface area contributed by atoms with Crippen molar-refractivity contribution < 1.29 is 24.5 Å². The molecule has 3 N–H and O–H groups in total. The Balaban J connectivity index is 2.19. The van der Waals surface area contributed by atoms with E-state index in [1.165, 1.54) is 30.5 Å². The van der Waals surface area contributed by atoms with Gasteiger partial charge >= 0.3 is 11.7 Å². The van der Waals surface area contributed by atoms with Crippen LogP contribution in [0.3, 0.4) is 0 Å². The van der Waals surface area contributed by atoms with Crippen molar-refractivity contribution in [1.29, 1.82) is 0 Å². The maximum Gasteiger partial charge on any atom is 0.330 e. The largest absolute Gasteiger partial charge is 0.463 e. The minimum atomic E-state index is -0.902. The maximum absolute atomic E-state index is 12.0. The van der Waals surface area contributed by atoms with Gasteiger partial charge in [0, 0.05) is 18.7 Å². The molecular formula is C16H20N2O7. The number of nitrogens with one attached hydrogen (secondary N) is 1. The zero-order valence-corrected chi connectivity index (χ0v) is 13.6. The van der Waals surface area contributed by atoms with Gasteiger partial charge in [-0.3, -0.25) is 14.3 Å². The van der Waals surface area contributed by atoms with Crippen LogP contribution in [0.1, 0.15) is 25.1 Å². The predicted molar refractivity (Wildman–Crippen MR) is 87.7 cm³/mol. The Morgan fingerprint density at radius 3 is 2.88 bits per heavy atom. The van der Waals surface area contributed by atoms with Crippen LogP contribution in [0, 0.1) is 0 Å². The minimum Gasteiger partial charge on any atom is -0.463 e. The monoisotopic (exact) mass is 352 g/mol. The second kappa shape index (κ2) is 8.56. The number of ether oxygens (including phenoxy) is 2. The van der Waals surface area contributed by atoms with Crippen LogP contribution in [-0.4, -0.2) is 51.2 Å². The third kappa shape index (κ3) is 4.75. The van der Waals surface area contributed by atoms with E-state index in [0.717, 1.165) is 4.57 Å². The van der Waals surface area contributed by atoms with E-state index in [0.29, 0.717) is 0 Å². The minimum absolute atomic E-state index is 0.114. The predicted octanol–water partition coefficient (Wildman–Crippen LogP) is -0.690. The summed E-state index contributed by atoms with van der Waals surface area (Å²) in [6, 6.07) is 0. The van der Waals surface area contributed by atoms with E-state index in [-0.39, 0.29) is 25.2 Å². The van der Waals surface area contributed by atoms with Gasteiger partial charge in [-0.15, -0.1) is 0 Å². The van der Waals surface area contributed by atoms with Crippen molar-refractivity contribution in [3.63, 3.8) is 0 Å². The number of esters is 1. The van der Waals surface area contributed by atoms with Crippen molar-refractivity contribution in [3.8, 4) is 0 Å². The van der Waals surface area contributed by atoms with Gasteiger partial charge in [-0.1, -0.05) is 12.2 Å². The van der Waals surface area contributed by atoms with Crippen molar-refractivity contribution in [1.82, 2.24) is 9.55 Å². The first-order valence-electron chi connectivity index (χ1n) is 7.77. The van der Waals surface area contributed by atoms with Crippen molar-refractivity contribution in [3.05, 3.63) is 50.8 Å². The molecule has 9 nitrogen and oxygen atoms in total. The van der Waals surface area contributed by atoms with E-state index < -0.39 is 35.7 Å². The average molecular weight is 352 g/mol. The van der Waals surface area contributed by atoms with E-state index in [1.54, 1.807) is 6.92 Å². The number of aliphatic hydroxyl groups excluding tert-OH is 2. The Morgan fingerprint density at radius 2 is 2.24 bits per heavy atom. The van der Waals surface area contributed by atoms with Gasteiger partial charge in [-0.05, 0) is 13.0 Å². The highest BCUT2D eigenvalue weighted by Gasteiger charge is 2.35. The van der Waals surface area contributed by atoms with E-state index in [9.17, 15) is 19.5 Å². The summed E-state index contributed by atoms with van der Waals surface area (Å²) in [5.41, 5.74) is -1.11. The van der Waals surface area contributed by atoms with Crippen LogP contribution in [0.5, 0.6) is 0 Å². The number of nitrogens with zero attached hydrogens (tertiary/aromatic N) is 1. The van der Waals surface area contributed by atoms with Crippen LogP contribution in [0.15, 0.2) is 34.0 Å². The molecule has 1 aromatic rings. The van der Waals surface area contributed by atoms with Crippen LogP contribution in [0.2, 0.25) is 0 Å². The molecule has 0 unspecified atom stereocenters. The van der Waals surface area contributed by atoms with Gasteiger partial charge in [0.25, 0.3) is 5.56 Å². The number of rotatable bonds is 6. The lowest BCUT2D eigenvalue weighted by Crippen LogP contribution is -2.33. The molecule has 0 aromatic carbocycles. The van der Waals surface area contributed by atoms with Crippen molar-refractivity contribution in [2.75, 3.05) is 13.2 Å². The summed E-state index contributed by atoms with van der Waals surface area (Å²) >= 11 is 0. The molecule has 1 aliphatic rings. The number of carbonyl (C=O) groups excluding carboxylic acids is 1. The fraction of sp³-hybridized carbons (Fsp3) is 0.438. The molecule has 25 heavy (non-hydrogen) atoms. The fourth-order valence-electron chi connectivity index (χ4n) is 2.37. The van der Waals surface area contributed by atoms with Gasteiger partial charge in [0.15, 0.2) is 0 Å². The standard InChI is InChI=1S/C16H20N2O7/c1-2-24-14(21)6-4-3-5-10-8-18(16(23)17-15(10)22)13-7-11(20)12(9-19)25-13/h3-6,8,11-13,19-20H,2,7,9H2,1H3,(H,17,22,23)/b5-3+,6-4?/t11-,12+,13+/m0/s1. The highest BCUT2D eigenvalue weighted by molar-refractivity contribution is 5.82. The van der Waals surface area contributed by atoms with Crippen LogP contribution in [0.4, 0.5) is 0 Å². The molecule has 1 aromatic heterocycles. The summed E-state index contributed by atoms with van der Waals surface area (Å²) in [5, 5.41) is 18.9. The Labute approximate surface area is 142 Å². The molecular weight excluding hydrogens is 332 g/mol. The average Bonchev–Trinajstić information content (AvgIpc) is 2.94. The smallest absolute Gasteiger partial charge is 0.330 e. The molecule has 3 atom stereocenters. The molecule has 2 rings (SSSR count). The van der Waals surface area contributed by atoms with Gasteiger partial charge < -0.3 is 19.7 Å². The zero-order valence-electron chi connectivity index (χ0n) is 13.6. The molecule has 1 fully saturated rings. The van der Waals surface area contributed by atoms with E-state index >= 15 is 0 Å². The number of aromatic nitrogens is 2. The quantitative estimate of drug-likeness (QED) is 0.351. The number of hydrogen-bond donors (Lipinski definition) is 3. The summed E-state index contributed by atoms with van der Waals surface area (Å²) in [4.78, 5) is 37.1. The van der Waals surface area contributed by atoms with Gasteiger partial charge in [-0.25, -0.2) is 9.59 Å².